The average molecular weight is 362 g/mol. The molecule has 27 heavy (non-hydrogen) atoms. The van der Waals surface area contributed by atoms with Crippen molar-refractivity contribution in [2.75, 3.05) is 5.32 Å². The first-order valence-electron chi connectivity index (χ1n) is 8.21. The number of hydrogen-bond acceptors (Lipinski definition) is 5. The third-order valence-electron chi connectivity index (χ3n) is 4.11. The Labute approximate surface area is 153 Å². The van der Waals surface area contributed by atoms with Gasteiger partial charge in [0.15, 0.2) is 5.82 Å². The van der Waals surface area contributed by atoms with Crippen LogP contribution in [0.4, 0.5) is 10.1 Å². The maximum atomic E-state index is 14.5. The lowest BCUT2D eigenvalue weighted by Gasteiger charge is -2.08. The predicted octanol–water partition coefficient (Wildman–Crippen LogP) is 3.13. The van der Waals surface area contributed by atoms with Crippen molar-refractivity contribution >= 4 is 22.6 Å². The van der Waals surface area contributed by atoms with Crippen LogP contribution in [0.2, 0.25) is 0 Å². The summed E-state index contributed by atoms with van der Waals surface area (Å²) in [5.74, 6) is -0.629. The molecule has 0 bridgehead atoms. The molecule has 0 aliphatic rings. The number of benzene rings is 1. The van der Waals surface area contributed by atoms with Crippen LogP contribution in [0.5, 0.6) is 0 Å². The minimum absolute atomic E-state index is 0.0723. The molecule has 0 aliphatic heterocycles. The van der Waals surface area contributed by atoms with Crippen molar-refractivity contribution in [2.24, 2.45) is 7.05 Å². The van der Waals surface area contributed by atoms with Gasteiger partial charge in [-0.3, -0.25) is 9.48 Å². The molecule has 1 aromatic carbocycles. The SMILES string of the molecule is Cc1ccc2nc(-c3ccc(NC(=O)c4ccnn4C)c(F)c3)ncc2n1. The summed E-state index contributed by atoms with van der Waals surface area (Å²) in [4.78, 5) is 25.3. The first-order chi connectivity index (χ1) is 13.0. The minimum Gasteiger partial charge on any atom is -0.318 e. The Hall–Kier alpha value is -3.68. The average Bonchev–Trinajstić information content (AvgIpc) is 3.09. The highest BCUT2D eigenvalue weighted by atomic mass is 19.1. The second kappa shape index (κ2) is 6.56. The van der Waals surface area contributed by atoms with Crippen LogP contribution in [-0.4, -0.2) is 30.6 Å². The molecule has 4 rings (SSSR count). The Morgan fingerprint density at radius 2 is 1.96 bits per heavy atom. The molecular formula is C19H15FN6O. The van der Waals surface area contributed by atoms with Crippen LogP contribution in [0.25, 0.3) is 22.4 Å². The minimum atomic E-state index is -0.575. The van der Waals surface area contributed by atoms with Crippen LogP contribution in [0, 0.1) is 12.7 Å². The number of amides is 1. The van der Waals surface area contributed by atoms with Crippen molar-refractivity contribution < 1.29 is 9.18 Å². The van der Waals surface area contributed by atoms with E-state index in [1.165, 1.54) is 23.0 Å². The van der Waals surface area contributed by atoms with Crippen molar-refractivity contribution in [1.82, 2.24) is 24.7 Å². The van der Waals surface area contributed by atoms with E-state index < -0.39 is 11.7 Å². The summed E-state index contributed by atoms with van der Waals surface area (Å²) >= 11 is 0. The third kappa shape index (κ3) is 3.24. The number of hydrogen-bond donors (Lipinski definition) is 1. The van der Waals surface area contributed by atoms with Crippen molar-refractivity contribution in [2.45, 2.75) is 6.92 Å². The van der Waals surface area contributed by atoms with E-state index in [0.29, 0.717) is 28.1 Å². The lowest BCUT2D eigenvalue weighted by molar-refractivity contribution is 0.101. The number of carbonyl (C=O) groups is 1. The van der Waals surface area contributed by atoms with Crippen molar-refractivity contribution in [1.29, 1.82) is 0 Å². The second-order valence-corrected chi connectivity index (χ2v) is 6.04. The van der Waals surface area contributed by atoms with Crippen LogP contribution in [0.1, 0.15) is 16.2 Å². The van der Waals surface area contributed by atoms with Crippen molar-refractivity contribution in [3.8, 4) is 11.4 Å². The Balaban J connectivity index is 1.62. The van der Waals surface area contributed by atoms with E-state index in [0.717, 1.165) is 5.69 Å². The van der Waals surface area contributed by atoms with Gasteiger partial charge in [0.05, 0.1) is 17.4 Å². The van der Waals surface area contributed by atoms with Gasteiger partial charge in [-0.15, -0.1) is 0 Å². The maximum Gasteiger partial charge on any atom is 0.273 e. The normalized spacial score (nSPS) is 10.9. The summed E-state index contributed by atoms with van der Waals surface area (Å²) in [6.07, 6.45) is 3.11. The van der Waals surface area contributed by atoms with Crippen LogP contribution in [-0.2, 0) is 7.05 Å². The highest BCUT2D eigenvalue weighted by Crippen LogP contribution is 2.23. The molecule has 1 N–H and O–H groups in total. The molecule has 0 spiro atoms. The molecule has 0 atom stereocenters. The van der Waals surface area contributed by atoms with Crippen molar-refractivity contribution in [3.63, 3.8) is 0 Å². The number of carbonyl (C=O) groups excluding carboxylic acids is 1. The Morgan fingerprint density at radius 3 is 2.70 bits per heavy atom. The first-order valence-corrected chi connectivity index (χ1v) is 8.21. The number of halogens is 1. The standard InChI is InChI=1S/C19H15FN6O/c1-11-3-5-15-16(23-11)10-21-18(24-15)12-4-6-14(13(20)9-12)25-19(27)17-7-8-22-26(17)2/h3-10H,1-2H3,(H,25,27). The Bertz CT molecular complexity index is 1170. The fourth-order valence-corrected chi connectivity index (χ4v) is 2.70. The molecule has 0 aliphatic carbocycles. The number of anilines is 1. The summed E-state index contributed by atoms with van der Waals surface area (Å²) in [6, 6.07) is 9.70. The highest BCUT2D eigenvalue weighted by molar-refractivity contribution is 6.03. The summed E-state index contributed by atoms with van der Waals surface area (Å²) in [6.45, 7) is 1.89. The van der Waals surface area contributed by atoms with E-state index in [1.54, 1.807) is 25.4 Å². The van der Waals surface area contributed by atoms with Gasteiger partial charge in [0.2, 0.25) is 0 Å². The van der Waals surface area contributed by atoms with E-state index in [1.807, 2.05) is 19.1 Å². The van der Waals surface area contributed by atoms with Gasteiger partial charge >= 0.3 is 0 Å². The van der Waals surface area contributed by atoms with E-state index >= 15 is 0 Å². The monoisotopic (exact) mass is 362 g/mol. The zero-order chi connectivity index (χ0) is 19.0. The maximum absolute atomic E-state index is 14.5. The Morgan fingerprint density at radius 1 is 1.11 bits per heavy atom. The topological polar surface area (TPSA) is 85.6 Å². The van der Waals surface area contributed by atoms with E-state index in [-0.39, 0.29) is 5.69 Å². The number of rotatable bonds is 3. The fraction of sp³-hybridized carbons (Fsp3) is 0.105. The summed E-state index contributed by atoms with van der Waals surface area (Å²) in [5, 5.41) is 6.47. The van der Waals surface area contributed by atoms with Gasteiger partial charge in [0, 0.05) is 24.5 Å². The molecule has 3 aromatic heterocycles. The molecule has 8 heteroatoms. The second-order valence-electron chi connectivity index (χ2n) is 6.04. The smallest absolute Gasteiger partial charge is 0.273 e. The third-order valence-corrected chi connectivity index (χ3v) is 4.11. The number of pyridine rings is 1. The van der Waals surface area contributed by atoms with Gasteiger partial charge < -0.3 is 5.32 Å². The molecular weight excluding hydrogens is 347 g/mol. The fourth-order valence-electron chi connectivity index (χ4n) is 2.70. The molecule has 1 amide bonds. The summed E-state index contributed by atoms with van der Waals surface area (Å²) in [7, 11) is 1.64. The molecule has 0 radical (unpaired) electrons. The van der Waals surface area contributed by atoms with Crippen molar-refractivity contribution in [3.05, 3.63) is 66.0 Å². The zero-order valence-electron chi connectivity index (χ0n) is 14.6. The van der Waals surface area contributed by atoms with Crippen LogP contribution >= 0.6 is 0 Å². The quantitative estimate of drug-likeness (QED) is 0.605. The molecule has 0 unspecified atom stereocenters. The van der Waals surface area contributed by atoms with Gasteiger partial charge in [-0.05, 0) is 43.3 Å². The largest absolute Gasteiger partial charge is 0.318 e. The molecule has 0 fully saturated rings. The highest BCUT2D eigenvalue weighted by Gasteiger charge is 2.14. The van der Waals surface area contributed by atoms with E-state index in [9.17, 15) is 9.18 Å². The van der Waals surface area contributed by atoms with Crippen LogP contribution in [0.3, 0.4) is 0 Å². The lowest BCUT2D eigenvalue weighted by atomic mass is 10.1. The summed E-state index contributed by atoms with van der Waals surface area (Å²) < 4.78 is 15.9. The molecule has 4 aromatic rings. The summed E-state index contributed by atoms with van der Waals surface area (Å²) in [5.41, 5.74) is 3.15. The van der Waals surface area contributed by atoms with E-state index in [4.69, 9.17) is 0 Å². The molecule has 0 saturated heterocycles. The van der Waals surface area contributed by atoms with Gasteiger partial charge in [-0.2, -0.15) is 5.10 Å². The molecule has 7 nitrogen and oxygen atoms in total. The number of nitrogens with one attached hydrogen (secondary N) is 1. The van der Waals surface area contributed by atoms with E-state index in [2.05, 4.69) is 25.4 Å². The predicted molar refractivity (Wildman–Crippen MR) is 98.6 cm³/mol. The van der Waals surface area contributed by atoms with Gasteiger partial charge in [0.1, 0.15) is 17.0 Å². The van der Waals surface area contributed by atoms with Gasteiger partial charge in [-0.1, -0.05) is 0 Å². The number of fused-ring (bicyclic) bond motifs is 1. The van der Waals surface area contributed by atoms with Gasteiger partial charge in [-0.25, -0.2) is 19.3 Å². The molecule has 0 saturated carbocycles. The number of aryl methyl sites for hydroxylation is 2. The van der Waals surface area contributed by atoms with Crippen LogP contribution < -0.4 is 5.32 Å². The lowest BCUT2D eigenvalue weighted by Crippen LogP contribution is -2.16. The Kier molecular flexibility index (Phi) is 4.08. The number of nitrogens with zero attached hydrogens (tertiary/aromatic N) is 5. The van der Waals surface area contributed by atoms with Crippen LogP contribution in [0.15, 0.2) is 48.8 Å². The molecule has 3 heterocycles. The zero-order valence-corrected chi connectivity index (χ0v) is 14.6. The first kappa shape index (κ1) is 16.8. The van der Waals surface area contributed by atoms with Gasteiger partial charge in [0.25, 0.3) is 5.91 Å². The molecule has 134 valence electrons. The number of aromatic nitrogens is 5.